The van der Waals surface area contributed by atoms with Crippen LogP contribution in [0.3, 0.4) is 0 Å². The number of fused-ring (bicyclic) bond motifs is 1. The maximum Gasteiger partial charge on any atom is 0.127 e. The Kier molecular flexibility index (Phi) is 6.94. The highest BCUT2D eigenvalue weighted by Gasteiger charge is 2.20. The topological polar surface area (TPSA) is 95.6 Å². The van der Waals surface area contributed by atoms with Gasteiger partial charge in [0.15, 0.2) is 0 Å². The number of nitrogens with zero attached hydrogens (tertiary/aromatic N) is 10. The van der Waals surface area contributed by atoms with Crippen molar-refractivity contribution in [3.8, 4) is 17.2 Å². The van der Waals surface area contributed by atoms with Crippen molar-refractivity contribution in [1.29, 1.82) is 5.26 Å². The van der Waals surface area contributed by atoms with Gasteiger partial charge in [-0.1, -0.05) is 6.08 Å². The monoisotopic (exact) mass is 508 g/mol. The van der Waals surface area contributed by atoms with Crippen molar-refractivity contribution in [3.05, 3.63) is 77.4 Å². The molecular weight excluding hydrogens is 476 g/mol. The lowest BCUT2D eigenvalue weighted by molar-refractivity contribution is 0.152. The lowest BCUT2D eigenvalue weighted by Gasteiger charge is -2.35. The molecule has 0 unspecified atom stereocenters. The van der Waals surface area contributed by atoms with E-state index in [9.17, 15) is 5.26 Å². The summed E-state index contributed by atoms with van der Waals surface area (Å²) in [5.41, 5.74) is 7.72. The summed E-state index contributed by atoms with van der Waals surface area (Å²) in [6.07, 6.45) is 13.4. The second-order valence-corrected chi connectivity index (χ2v) is 9.68. The minimum atomic E-state index is 0.538. The van der Waals surface area contributed by atoms with Gasteiger partial charge in [0.2, 0.25) is 0 Å². The zero-order valence-electron chi connectivity index (χ0n) is 22.3. The Hall–Kier alpha value is -4.49. The van der Waals surface area contributed by atoms with Gasteiger partial charge in [-0.3, -0.25) is 14.3 Å². The minimum Gasteiger partial charge on any atom is -0.354 e. The van der Waals surface area contributed by atoms with Crippen LogP contribution in [0, 0.1) is 18.3 Å². The van der Waals surface area contributed by atoms with Crippen molar-refractivity contribution < 1.29 is 0 Å². The van der Waals surface area contributed by atoms with E-state index in [0.717, 1.165) is 66.3 Å². The maximum atomic E-state index is 9.69. The molecule has 0 radical (unpaired) electrons. The molecule has 0 aliphatic carbocycles. The first-order valence-corrected chi connectivity index (χ1v) is 12.6. The van der Waals surface area contributed by atoms with Crippen molar-refractivity contribution in [1.82, 2.24) is 39.0 Å². The van der Waals surface area contributed by atoms with E-state index in [1.54, 1.807) is 15.4 Å². The summed E-state index contributed by atoms with van der Waals surface area (Å²) in [6, 6.07) is 4.37. The third-order valence-electron chi connectivity index (χ3n) is 7.27. The summed E-state index contributed by atoms with van der Waals surface area (Å²) in [7, 11) is 3.87. The van der Waals surface area contributed by atoms with Crippen LogP contribution in [0.1, 0.15) is 29.3 Å². The summed E-state index contributed by atoms with van der Waals surface area (Å²) >= 11 is 0. The van der Waals surface area contributed by atoms with Gasteiger partial charge in [-0.2, -0.15) is 20.6 Å². The molecule has 5 heterocycles. The molecule has 0 spiro atoms. The van der Waals surface area contributed by atoms with Crippen LogP contribution in [0.4, 0.5) is 0 Å². The number of hydrogen-bond acceptors (Lipinski definition) is 7. The molecule has 1 fully saturated rings. The van der Waals surface area contributed by atoms with Crippen molar-refractivity contribution in [2.75, 3.05) is 26.2 Å². The fourth-order valence-corrected chi connectivity index (χ4v) is 4.85. The first-order chi connectivity index (χ1) is 18.4. The molecule has 5 rings (SSSR count). The zero-order chi connectivity index (χ0) is 26.8. The molecule has 4 aromatic heterocycles. The molecule has 0 aromatic carbocycles. The van der Waals surface area contributed by atoms with Crippen molar-refractivity contribution in [3.63, 3.8) is 0 Å². The summed E-state index contributed by atoms with van der Waals surface area (Å²) in [5, 5.41) is 22.8. The quantitative estimate of drug-likeness (QED) is 0.280. The molecular formula is C28H32N10. The number of rotatable bonds is 7. The lowest BCUT2D eigenvalue weighted by Crippen LogP contribution is -2.45. The zero-order valence-corrected chi connectivity index (χ0v) is 22.3. The van der Waals surface area contributed by atoms with Crippen LogP contribution in [0.2, 0.25) is 0 Å². The Morgan fingerprint density at radius 1 is 1.05 bits per heavy atom. The number of aromatic nitrogens is 6. The fraction of sp³-hybridized carbons (Fsp3) is 0.321. The first kappa shape index (κ1) is 25.2. The van der Waals surface area contributed by atoms with Gasteiger partial charge in [-0.25, -0.2) is 9.51 Å². The highest BCUT2D eigenvalue weighted by Crippen LogP contribution is 2.29. The van der Waals surface area contributed by atoms with E-state index in [4.69, 9.17) is 0 Å². The van der Waals surface area contributed by atoms with Crippen molar-refractivity contribution >= 4 is 17.8 Å². The lowest BCUT2D eigenvalue weighted by atomic mass is 10.0. The molecule has 38 heavy (non-hydrogen) atoms. The van der Waals surface area contributed by atoms with E-state index in [0.29, 0.717) is 5.56 Å². The van der Waals surface area contributed by atoms with Gasteiger partial charge in [0, 0.05) is 87.2 Å². The van der Waals surface area contributed by atoms with Crippen LogP contribution < -0.4 is 0 Å². The Labute approximate surface area is 222 Å². The standard InChI is InChI=1S/C28H32N10/c1-20(26-12-22(25-16-31-34(4)17-25)19-38-28(26)23(13-29)14-33-38)6-7-27(30-3)37-10-8-36(9-11-37)18-24-15-32-35(5)21(24)2/h6-7,12,14-17,19H,3,8-11,18H2,1-2,4-5H3/b20-6+,27-7+. The molecule has 1 saturated heterocycles. The van der Waals surface area contributed by atoms with E-state index in [-0.39, 0.29) is 0 Å². The highest BCUT2D eigenvalue weighted by atomic mass is 15.3. The smallest absolute Gasteiger partial charge is 0.127 e. The van der Waals surface area contributed by atoms with Crippen LogP contribution in [-0.4, -0.2) is 71.9 Å². The number of aliphatic imine (C=N–C) groups is 1. The number of nitriles is 1. The van der Waals surface area contributed by atoms with Crippen molar-refractivity contribution in [2.24, 2.45) is 19.1 Å². The van der Waals surface area contributed by atoms with Crippen LogP contribution in [0.5, 0.6) is 0 Å². The fourth-order valence-electron chi connectivity index (χ4n) is 4.85. The maximum absolute atomic E-state index is 9.69. The molecule has 0 bridgehead atoms. The van der Waals surface area contributed by atoms with Gasteiger partial charge in [-0.05, 0) is 38.3 Å². The third kappa shape index (κ3) is 4.88. The predicted octanol–water partition coefficient (Wildman–Crippen LogP) is 3.41. The van der Waals surface area contributed by atoms with E-state index in [1.165, 1.54) is 11.3 Å². The number of piperazine rings is 1. The molecule has 1 aliphatic heterocycles. The number of allylic oxidation sites excluding steroid dienone is 3. The summed E-state index contributed by atoms with van der Waals surface area (Å²) < 4.78 is 5.47. The molecule has 4 aromatic rings. The minimum absolute atomic E-state index is 0.538. The van der Waals surface area contributed by atoms with Gasteiger partial charge in [0.25, 0.3) is 0 Å². The average molecular weight is 509 g/mol. The Balaban J connectivity index is 1.38. The number of aryl methyl sites for hydroxylation is 2. The Bertz CT molecular complexity index is 1580. The highest BCUT2D eigenvalue weighted by molar-refractivity contribution is 5.84. The van der Waals surface area contributed by atoms with Crippen LogP contribution in [0.25, 0.3) is 22.2 Å². The van der Waals surface area contributed by atoms with Crippen LogP contribution in [-0.2, 0) is 20.6 Å². The summed E-state index contributed by atoms with van der Waals surface area (Å²) in [6.45, 7) is 12.5. The second-order valence-electron chi connectivity index (χ2n) is 9.68. The van der Waals surface area contributed by atoms with E-state index < -0.39 is 0 Å². The van der Waals surface area contributed by atoms with E-state index >= 15 is 0 Å². The molecule has 0 N–H and O–H groups in total. The number of pyridine rings is 1. The van der Waals surface area contributed by atoms with E-state index in [2.05, 4.69) is 55.9 Å². The SMILES string of the molecule is C=N/C(=C\C=C(/C)c1cc(-c2cnn(C)c2)cn2ncc(C#N)c12)N1CCN(Cc2cnn(C)c2C)CC1. The van der Waals surface area contributed by atoms with Gasteiger partial charge < -0.3 is 4.90 Å². The molecule has 10 heteroatoms. The largest absolute Gasteiger partial charge is 0.354 e. The molecule has 0 atom stereocenters. The predicted molar refractivity (Wildman–Crippen MR) is 148 cm³/mol. The van der Waals surface area contributed by atoms with Gasteiger partial charge >= 0.3 is 0 Å². The van der Waals surface area contributed by atoms with Gasteiger partial charge in [0.05, 0.1) is 29.7 Å². The summed E-state index contributed by atoms with van der Waals surface area (Å²) in [4.78, 5) is 9.06. The first-order valence-electron chi connectivity index (χ1n) is 12.6. The van der Waals surface area contributed by atoms with Gasteiger partial charge in [0.1, 0.15) is 11.9 Å². The van der Waals surface area contributed by atoms with Crippen LogP contribution in [0.15, 0.2) is 60.0 Å². The van der Waals surface area contributed by atoms with Crippen LogP contribution >= 0.6 is 0 Å². The Morgan fingerprint density at radius 2 is 1.84 bits per heavy atom. The molecule has 10 nitrogen and oxygen atoms in total. The summed E-state index contributed by atoms with van der Waals surface area (Å²) in [5.74, 6) is 0.843. The normalized spacial score (nSPS) is 15.3. The van der Waals surface area contributed by atoms with Crippen molar-refractivity contribution in [2.45, 2.75) is 20.4 Å². The average Bonchev–Trinajstić information content (AvgIpc) is 3.64. The molecule has 194 valence electrons. The Morgan fingerprint density at radius 3 is 2.47 bits per heavy atom. The third-order valence-corrected chi connectivity index (χ3v) is 7.27. The van der Waals surface area contributed by atoms with E-state index in [1.807, 2.05) is 62.6 Å². The van der Waals surface area contributed by atoms with Gasteiger partial charge in [-0.15, -0.1) is 0 Å². The molecule has 0 amide bonds. The second kappa shape index (κ2) is 10.5. The molecule has 1 aliphatic rings. The molecule has 0 saturated carbocycles. The number of hydrogen-bond donors (Lipinski definition) is 0.